The number of imidazole rings is 1. The minimum atomic E-state index is 0.471. The number of hydrogen-bond acceptors (Lipinski definition) is 6. The molecule has 0 atom stereocenters. The Labute approximate surface area is 122 Å². The molecule has 2 N–H and O–H groups in total. The molecule has 3 heterocycles. The molecule has 98 valence electrons. The Morgan fingerprint density at radius 3 is 3.00 bits per heavy atom. The van der Waals surface area contributed by atoms with Crippen molar-refractivity contribution in [3.63, 3.8) is 0 Å². The standard InChI is InChI=1S/C13H9N5S2/c14-10-7-18-6-5-15-11(18)12(17-10)20-13-16-8-3-1-2-4-9(8)19-13/h1-7H,14H2. The lowest BCUT2D eigenvalue weighted by Gasteiger charge is -2.01. The van der Waals surface area contributed by atoms with Gasteiger partial charge in [-0.15, -0.1) is 11.3 Å². The summed E-state index contributed by atoms with van der Waals surface area (Å²) in [4.78, 5) is 13.3. The third kappa shape index (κ3) is 1.91. The number of thiazole rings is 1. The zero-order chi connectivity index (χ0) is 13.5. The lowest BCUT2D eigenvalue weighted by Crippen LogP contribution is -1.97. The van der Waals surface area contributed by atoms with Crippen LogP contribution in [0, 0.1) is 0 Å². The maximum atomic E-state index is 5.82. The first-order valence-corrected chi connectivity index (χ1v) is 7.55. The molecule has 20 heavy (non-hydrogen) atoms. The second-order valence-electron chi connectivity index (χ2n) is 4.18. The number of anilines is 1. The van der Waals surface area contributed by atoms with E-state index >= 15 is 0 Å². The summed E-state index contributed by atoms with van der Waals surface area (Å²) in [6, 6.07) is 8.07. The van der Waals surface area contributed by atoms with Gasteiger partial charge in [0.25, 0.3) is 0 Å². The molecule has 0 spiro atoms. The van der Waals surface area contributed by atoms with Gasteiger partial charge >= 0.3 is 0 Å². The molecule has 0 bridgehead atoms. The van der Waals surface area contributed by atoms with E-state index in [4.69, 9.17) is 5.73 Å². The fraction of sp³-hybridized carbons (Fsp3) is 0. The number of benzene rings is 1. The van der Waals surface area contributed by atoms with Gasteiger partial charge in [0.1, 0.15) is 10.8 Å². The van der Waals surface area contributed by atoms with Crippen molar-refractivity contribution in [2.75, 3.05) is 5.73 Å². The molecular weight excluding hydrogens is 290 g/mol. The molecule has 0 aliphatic carbocycles. The molecule has 7 heteroatoms. The highest BCUT2D eigenvalue weighted by molar-refractivity contribution is 8.01. The first-order valence-electron chi connectivity index (χ1n) is 5.92. The quantitative estimate of drug-likeness (QED) is 0.616. The molecule has 4 aromatic rings. The van der Waals surface area contributed by atoms with Crippen LogP contribution in [0.4, 0.5) is 5.82 Å². The maximum absolute atomic E-state index is 5.82. The minimum absolute atomic E-state index is 0.471. The van der Waals surface area contributed by atoms with Gasteiger partial charge in [0.05, 0.1) is 16.4 Å². The topological polar surface area (TPSA) is 69.1 Å². The molecular formula is C13H9N5S2. The van der Waals surface area contributed by atoms with E-state index < -0.39 is 0 Å². The molecule has 0 aliphatic heterocycles. The van der Waals surface area contributed by atoms with Crippen molar-refractivity contribution in [1.29, 1.82) is 0 Å². The van der Waals surface area contributed by atoms with Gasteiger partial charge in [0, 0.05) is 12.4 Å². The summed E-state index contributed by atoms with van der Waals surface area (Å²) in [5.41, 5.74) is 7.62. The lowest BCUT2D eigenvalue weighted by atomic mass is 10.3. The number of hydrogen-bond donors (Lipinski definition) is 1. The van der Waals surface area contributed by atoms with Gasteiger partial charge in [-0.25, -0.2) is 15.0 Å². The van der Waals surface area contributed by atoms with Gasteiger partial charge < -0.3 is 10.1 Å². The smallest absolute Gasteiger partial charge is 0.170 e. The average molecular weight is 299 g/mol. The monoisotopic (exact) mass is 299 g/mol. The van der Waals surface area contributed by atoms with Gasteiger partial charge in [-0.3, -0.25) is 0 Å². The van der Waals surface area contributed by atoms with Crippen molar-refractivity contribution in [3.05, 3.63) is 42.9 Å². The Morgan fingerprint density at radius 2 is 2.10 bits per heavy atom. The molecule has 1 aromatic carbocycles. The van der Waals surface area contributed by atoms with Gasteiger partial charge in [-0.05, 0) is 23.9 Å². The van der Waals surface area contributed by atoms with Crippen LogP contribution in [0.15, 0.2) is 52.2 Å². The van der Waals surface area contributed by atoms with Crippen LogP contribution in [0.3, 0.4) is 0 Å². The maximum Gasteiger partial charge on any atom is 0.170 e. The summed E-state index contributed by atoms with van der Waals surface area (Å²) in [5.74, 6) is 0.471. The molecule has 0 saturated heterocycles. The van der Waals surface area contributed by atoms with Gasteiger partial charge in [-0.1, -0.05) is 12.1 Å². The largest absolute Gasteiger partial charge is 0.382 e. The zero-order valence-corrected chi connectivity index (χ0v) is 11.9. The predicted molar refractivity (Wildman–Crippen MR) is 81.1 cm³/mol. The van der Waals surface area contributed by atoms with E-state index in [2.05, 4.69) is 21.0 Å². The Morgan fingerprint density at radius 1 is 1.20 bits per heavy atom. The highest BCUT2D eigenvalue weighted by Crippen LogP contribution is 2.35. The van der Waals surface area contributed by atoms with Crippen LogP contribution in [0.5, 0.6) is 0 Å². The average Bonchev–Trinajstić information content (AvgIpc) is 3.03. The van der Waals surface area contributed by atoms with Crippen molar-refractivity contribution in [2.45, 2.75) is 9.37 Å². The summed E-state index contributed by atoms with van der Waals surface area (Å²) in [5, 5.41) is 0.772. The Kier molecular flexibility index (Phi) is 2.61. The van der Waals surface area contributed by atoms with Crippen LogP contribution in [-0.4, -0.2) is 19.4 Å². The second kappa shape index (κ2) is 4.46. The molecule has 4 rings (SSSR count). The van der Waals surface area contributed by atoms with E-state index in [1.54, 1.807) is 23.7 Å². The zero-order valence-electron chi connectivity index (χ0n) is 10.2. The van der Waals surface area contributed by atoms with E-state index in [0.29, 0.717) is 5.82 Å². The van der Waals surface area contributed by atoms with Crippen molar-refractivity contribution >= 4 is 44.8 Å². The van der Waals surface area contributed by atoms with Crippen LogP contribution in [0.2, 0.25) is 0 Å². The first kappa shape index (κ1) is 11.7. The number of nitrogens with two attached hydrogens (primary N) is 1. The van der Waals surface area contributed by atoms with Crippen molar-refractivity contribution in [3.8, 4) is 0 Å². The number of nitrogen functional groups attached to an aromatic ring is 1. The highest BCUT2D eigenvalue weighted by Gasteiger charge is 2.11. The third-order valence-electron chi connectivity index (χ3n) is 2.82. The third-order valence-corrected chi connectivity index (χ3v) is 4.88. The van der Waals surface area contributed by atoms with E-state index in [0.717, 1.165) is 20.5 Å². The molecule has 0 saturated carbocycles. The summed E-state index contributed by atoms with van der Waals surface area (Å²) < 4.78 is 3.98. The molecule has 0 unspecified atom stereocenters. The summed E-state index contributed by atoms with van der Waals surface area (Å²) >= 11 is 3.14. The molecule has 3 aromatic heterocycles. The number of fused-ring (bicyclic) bond motifs is 2. The van der Waals surface area contributed by atoms with Crippen LogP contribution in [0.25, 0.3) is 15.9 Å². The SMILES string of the molecule is Nc1cn2ccnc2c(Sc2nc3ccccc3s2)n1. The van der Waals surface area contributed by atoms with Crippen LogP contribution in [-0.2, 0) is 0 Å². The predicted octanol–water partition coefficient (Wildman–Crippen LogP) is 3.07. The lowest BCUT2D eigenvalue weighted by molar-refractivity contribution is 1.04. The highest BCUT2D eigenvalue weighted by atomic mass is 32.2. The number of para-hydroxylation sites is 1. The van der Waals surface area contributed by atoms with Crippen molar-refractivity contribution < 1.29 is 0 Å². The van der Waals surface area contributed by atoms with Gasteiger partial charge in [0.15, 0.2) is 9.99 Å². The fourth-order valence-corrected chi connectivity index (χ4v) is 4.05. The number of rotatable bonds is 2. The van der Waals surface area contributed by atoms with Crippen LogP contribution < -0.4 is 5.73 Å². The Balaban J connectivity index is 1.81. The second-order valence-corrected chi connectivity index (χ2v) is 6.45. The van der Waals surface area contributed by atoms with Gasteiger partial charge in [-0.2, -0.15) is 0 Å². The van der Waals surface area contributed by atoms with E-state index in [1.807, 2.05) is 28.8 Å². The van der Waals surface area contributed by atoms with Crippen molar-refractivity contribution in [2.24, 2.45) is 0 Å². The normalized spacial score (nSPS) is 11.4. The van der Waals surface area contributed by atoms with E-state index in [-0.39, 0.29) is 0 Å². The summed E-state index contributed by atoms with van der Waals surface area (Å²) in [6.07, 6.45) is 5.35. The fourth-order valence-electron chi connectivity index (χ4n) is 1.97. The van der Waals surface area contributed by atoms with Crippen LogP contribution >= 0.6 is 23.1 Å². The molecule has 0 amide bonds. The number of nitrogens with zero attached hydrogens (tertiary/aromatic N) is 4. The molecule has 0 radical (unpaired) electrons. The molecule has 5 nitrogen and oxygen atoms in total. The van der Waals surface area contributed by atoms with Crippen LogP contribution in [0.1, 0.15) is 0 Å². The minimum Gasteiger partial charge on any atom is -0.382 e. The number of aromatic nitrogens is 4. The first-order chi connectivity index (χ1) is 9.79. The summed E-state index contributed by atoms with van der Waals surface area (Å²) in [7, 11) is 0. The van der Waals surface area contributed by atoms with E-state index in [9.17, 15) is 0 Å². The van der Waals surface area contributed by atoms with Gasteiger partial charge in [0.2, 0.25) is 0 Å². The Hall–Kier alpha value is -2.12. The molecule has 0 aliphatic rings. The van der Waals surface area contributed by atoms with E-state index in [1.165, 1.54) is 16.5 Å². The molecule has 0 fully saturated rings. The van der Waals surface area contributed by atoms with Crippen molar-refractivity contribution in [1.82, 2.24) is 19.4 Å². The Bertz CT molecular complexity index is 878. The summed E-state index contributed by atoms with van der Waals surface area (Å²) in [6.45, 7) is 0.